The first-order valence-electron chi connectivity index (χ1n) is 4.09. The molecule has 0 radical (unpaired) electrons. The van der Waals surface area contributed by atoms with Crippen molar-refractivity contribution >= 4 is 17.3 Å². The van der Waals surface area contributed by atoms with Crippen LogP contribution in [-0.2, 0) is 21.6 Å². The predicted molar refractivity (Wildman–Crippen MR) is 49.0 cm³/mol. The summed E-state index contributed by atoms with van der Waals surface area (Å²) in [7, 11) is 0. The number of ether oxygens (including phenoxy) is 1. The van der Waals surface area contributed by atoms with Gasteiger partial charge in [-0.2, -0.15) is 0 Å². The van der Waals surface area contributed by atoms with Crippen LogP contribution in [0.3, 0.4) is 0 Å². The third-order valence-electron chi connectivity index (χ3n) is 2.39. The van der Waals surface area contributed by atoms with Gasteiger partial charge in [0.25, 0.3) is 0 Å². The molecule has 2 heterocycles. The monoisotopic (exact) mass is 198 g/mol. The Hall–Kier alpha value is -0.870. The zero-order valence-electron chi connectivity index (χ0n) is 7.24. The highest BCUT2D eigenvalue weighted by molar-refractivity contribution is 7.10. The van der Waals surface area contributed by atoms with Crippen LogP contribution in [0.15, 0.2) is 11.4 Å². The molecular weight excluding hydrogens is 188 g/mol. The molecule has 1 unspecified atom stereocenters. The maximum atomic E-state index is 11.0. The third-order valence-corrected chi connectivity index (χ3v) is 3.37. The van der Waals surface area contributed by atoms with E-state index in [-0.39, 0.29) is 0 Å². The average Bonchev–Trinajstić information content (AvgIpc) is 2.53. The molecule has 0 bridgehead atoms. The second-order valence-corrected chi connectivity index (χ2v) is 4.19. The number of rotatable bonds is 1. The molecule has 4 heteroatoms. The summed E-state index contributed by atoms with van der Waals surface area (Å²) < 4.78 is 5.32. The van der Waals surface area contributed by atoms with E-state index in [4.69, 9.17) is 9.84 Å². The summed E-state index contributed by atoms with van der Waals surface area (Å²) in [6, 6.07) is 1.84. The number of thiophene rings is 1. The molecule has 1 aromatic rings. The minimum absolute atomic E-state index is 0.496. The third kappa shape index (κ3) is 1.17. The summed E-state index contributed by atoms with van der Waals surface area (Å²) in [5, 5.41) is 11.0. The molecule has 13 heavy (non-hydrogen) atoms. The lowest BCUT2D eigenvalue weighted by Gasteiger charge is -2.29. The Morgan fingerprint density at radius 1 is 1.77 bits per heavy atom. The molecule has 1 aliphatic rings. The van der Waals surface area contributed by atoms with E-state index in [0.717, 1.165) is 16.9 Å². The van der Waals surface area contributed by atoms with Crippen molar-refractivity contribution in [1.82, 2.24) is 0 Å². The maximum absolute atomic E-state index is 11.0. The van der Waals surface area contributed by atoms with Crippen molar-refractivity contribution in [3.05, 3.63) is 21.9 Å². The summed E-state index contributed by atoms with van der Waals surface area (Å²) in [4.78, 5) is 12.2. The predicted octanol–water partition coefficient (Wildman–Crippen LogP) is 1.62. The van der Waals surface area contributed by atoms with Crippen LogP contribution in [0.5, 0.6) is 0 Å². The second-order valence-electron chi connectivity index (χ2n) is 3.19. The molecule has 0 spiro atoms. The minimum atomic E-state index is -1.13. The Bertz CT molecular complexity index is 344. The lowest BCUT2D eigenvalue weighted by molar-refractivity contribution is -0.166. The Labute approximate surface area is 80.0 Å². The first-order chi connectivity index (χ1) is 6.14. The van der Waals surface area contributed by atoms with Gasteiger partial charge in [-0.15, -0.1) is 11.3 Å². The molecule has 0 amide bonds. The Morgan fingerprint density at radius 3 is 3.23 bits per heavy atom. The van der Waals surface area contributed by atoms with Gasteiger partial charge in [-0.05, 0) is 18.4 Å². The highest BCUT2D eigenvalue weighted by atomic mass is 32.1. The van der Waals surface area contributed by atoms with Gasteiger partial charge >= 0.3 is 5.97 Å². The van der Waals surface area contributed by atoms with Gasteiger partial charge in [-0.3, -0.25) is 0 Å². The lowest BCUT2D eigenvalue weighted by Crippen LogP contribution is -2.39. The molecule has 1 aliphatic heterocycles. The molecule has 0 aromatic carbocycles. The van der Waals surface area contributed by atoms with Crippen LogP contribution in [0, 0.1) is 0 Å². The number of carboxylic acid groups (broad SMARTS) is 1. The lowest BCUT2D eigenvalue weighted by atomic mass is 9.93. The van der Waals surface area contributed by atoms with Crippen LogP contribution in [-0.4, -0.2) is 17.7 Å². The smallest absolute Gasteiger partial charge is 0.340 e. The van der Waals surface area contributed by atoms with Crippen molar-refractivity contribution in [3.63, 3.8) is 0 Å². The molecule has 1 N–H and O–H groups in total. The van der Waals surface area contributed by atoms with E-state index in [9.17, 15) is 4.79 Å². The summed E-state index contributed by atoms with van der Waals surface area (Å²) in [5.41, 5.74) is -0.315. The van der Waals surface area contributed by atoms with E-state index < -0.39 is 11.6 Å². The van der Waals surface area contributed by atoms with Gasteiger partial charge in [0.2, 0.25) is 0 Å². The zero-order valence-corrected chi connectivity index (χ0v) is 8.06. The molecule has 0 fully saturated rings. The quantitative estimate of drug-likeness (QED) is 0.745. The molecule has 0 aliphatic carbocycles. The van der Waals surface area contributed by atoms with E-state index >= 15 is 0 Å². The Balaban J connectivity index is 2.51. The van der Waals surface area contributed by atoms with E-state index in [1.165, 1.54) is 0 Å². The second kappa shape index (κ2) is 2.82. The van der Waals surface area contributed by atoms with Gasteiger partial charge in [0, 0.05) is 16.9 Å². The number of fused-ring (bicyclic) bond motifs is 1. The van der Waals surface area contributed by atoms with Crippen LogP contribution in [0.2, 0.25) is 0 Å². The van der Waals surface area contributed by atoms with E-state index in [0.29, 0.717) is 6.61 Å². The van der Waals surface area contributed by atoms with E-state index in [1.807, 2.05) is 11.4 Å². The molecule has 2 rings (SSSR count). The molecule has 0 saturated heterocycles. The maximum Gasteiger partial charge on any atom is 0.340 e. The molecule has 70 valence electrons. The highest BCUT2D eigenvalue weighted by Gasteiger charge is 2.41. The molecular formula is C9H10O3S. The number of carboxylic acids is 1. The van der Waals surface area contributed by atoms with Gasteiger partial charge in [0.05, 0.1) is 6.61 Å². The SMILES string of the molecule is CC1(C(=O)O)OCCc2sccc21. The number of hydrogen-bond donors (Lipinski definition) is 1. The largest absolute Gasteiger partial charge is 0.479 e. The fourth-order valence-corrected chi connectivity index (χ4v) is 2.52. The molecule has 1 aromatic heterocycles. The normalized spacial score (nSPS) is 26.8. The van der Waals surface area contributed by atoms with Gasteiger partial charge in [-0.1, -0.05) is 0 Å². The molecule has 3 nitrogen and oxygen atoms in total. The van der Waals surface area contributed by atoms with Crippen LogP contribution >= 0.6 is 11.3 Å². The van der Waals surface area contributed by atoms with Crippen LogP contribution in [0.4, 0.5) is 0 Å². The summed E-state index contributed by atoms with van der Waals surface area (Å²) in [6.45, 7) is 2.11. The summed E-state index contributed by atoms with van der Waals surface area (Å²) in [6.07, 6.45) is 0.829. The van der Waals surface area contributed by atoms with Gasteiger partial charge in [0.1, 0.15) is 0 Å². The number of hydrogen-bond acceptors (Lipinski definition) is 3. The first-order valence-corrected chi connectivity index (χ1v) is 4.97. The standard InChI is InChI=1S/C9H10O3S/c1-9(8(10)11)6-3-5-13-7(6)2-4-12-9/h3,5H,2,4H2,1H3,(H,10,11). The Morgan fingerprint density at radius 2 is 2.54 bits per heavy atom. The Kier molecular flexibility index (Phi) is 1.89. The van der Waals surface area contributed by atoms with Crippen LogP contribution in [0.25, 0.3) is 0 Å². The molecule has 1 atom stereocenters. The van der Waals surface area contributed by atoms with E-state index in [2.05, 4.69) is 0 Å². The minimum Gasteiger partial charge on any atom is -0.479 e. The number of carbonyl (C=O) groups is 1. The summed E-state index contributed by atoms with van der Waals surface area (Å²) >= 11 is 1.60. The van der Waals surface area contributed by atoms with Crippen molar-refractivity contribution in [2.24, 2.45) is 0 Å². The van der Waals surface area contributed by atoms with Crippen LogP contribution < -0.4 is 0 Å². The van der Waals surface area contributed by atoms with E-state index in [1.54, 1.807) is 18.3 Å². The van der Waals surface area contributed by atoms with Crippen molar-refractivity contribution in [2.75, 3.05) is 6.61 Å². The van der Waals surface area contributed by atoms with Gasteiger partial charge in [0.15, 0.2) is 5.60 Å². The van der Waals surface area contributed by atoms with Crippen LogP contribution in [0.1, 0.15) is 17.4 Å². The number of aliphatic carboxylic acids is 1. The zero-order chi connectivity index (χ0) is 9.47. The van der Waals surface area contributed by atoms with Crippen molar-refractivity contribution in [1.29, 1.82) is 0 Å². The highest BCUT2D eigenvalue weighted by Crippen LogP contribution is 2.35. The summed E-state index contributed by atoms with van der Waals surface area (Å²) in [5.74, 6) is -0.910. The van der Waals surface area contributed by atoms with Crippen molar-refractivity contribution in [3.8, 4) is 0 Å². The van der Waals surface area contributed by atoms with Gasteiger partial charge < -0.3 is 9.84 Å². The van der Waals surface area contributed by atoms with Crippen molar-refractivity contribution < 1.29 is 14.6 Å². The topological polar surface area (TPSA) is 46.5 Å². The fourth-order valence-electron chi connectivity index (χ4n) is 1.56. The first kappa shape index (κ1) is 8.72. The average molecular weight is 198 g/mol. The van der Waals surface area contributed by atoms with Crippen molar-refractivity contribution in [2.45, 2.75) is 18.9 Å². The van der Waals surface area contributed by atoms with Gasteiger partial charge in [-0.25, -0.2) is 4.79 Å². The molecule has 0 saturated carbocycles. The fraction of sp³-hybridized carbons (Fsp3) is 0.444.